The largest absolute Gasteiger partial charge is 0.298 e. The lowest BCUT2D eigenvalue weighted by molar-refractivity contribution is 0.112. The average molecular weight is 216 g/mol. The van der Waals surface area contributed by atoms with Crippen molar-refractivity contribution in [1.29, 1.82) is 0 Å². The van der Waals surface area contributed by atoms with Crippen LogP contribution in [-0.2, 0) is 13.5 Å². The minimum Gasteiger partial charge on any atom is -0.298 e. The maximum Gasteiger partial charge on any atom is 0.152 e. The Hall–Kier alpha value is -1.64. The Morgan fingerprint density at radius 3 is 2.81 bits per heavy atom. The van der Waals surface area contributed by atoms with Crippen LogP contribution in [0.5, 0.6) is 0 Å². The molecule has 2 rings (SSSR count). The van der Waals surface area contributed by atoms with Gasteiger partial charge in [-0.05, 0) is 18.4 Å². The number of para-hydroxylation sites is 1. The maximum absolute atomic E-state index is 11.0. The van der Waals surface area contributed by atoms with Gasteiger partial charge < -0.3 is 0 Å². The lowest BCUT2D eigenvalue weighted by Crippen LogP contribution is -1.97. The average Bonchev–Trinajstić information content (AvgIpc) is 2.55. The van der Waals surface area contributed by atoms with E-state index in [0.29, 0.717) is 11.5 Å². The van der Waals surface area contributed by atoms with Crippen molar-refractivity contribution in [3.8, 4) is 0 Å². The van der Waals surface area contributed by atoms with Gasteiger partial charge in [0.15, 0.2) is 6.29 Å². The van der Waals surface area contributed by atoms with Crippen LogP contribution in [0.4, 0.5) is 0 Å². The fourth-order valence-electron chi connectivity index (χ4n) is 2.07. The topological polar surface area (TPSA) is 34.9 Å². The van der Waals surface area contributed by atoms with Crippen molar-refractivity contribution < 1.29 is 4.79 Å². The van der Waals surface area contributed by atoms with Gasteiger partial charge in [0.05, 0.1) is 11.2 Å². The van der Waals surface area contributed by atoms with Crippen LogP contribution in [0.3, 0.4) is 0 Å². The number of hydrogen-bond donors (Lipinski definition) is 0. The summed E-state index contributed by atoms with van der Waals surface area (Å²) >= 11 is 0. The van der Waals surface area contributed by atoms with E-state index in [1.807, 2.05) is 25.2 Å². The molecule has 16 heavy (non-hydrogen) atoms. The van der Waals surface area contributed by atoms with E-state index in [-0.39, 0.29) is 0 Å². The number of fused-ring (bicyclic) bond motifs is 1. The van der Waals surface area contributed by atoms with Gasteiger partial charge >= 0.3 is 0 Å². The van der Waals surface area contributed by atoms with Crippen LogP contribution in [0.2, 0.25) is 0 Å². The van der Waals surface area contributed by atoms with Gasteiger partial charge in [0.1, 0.15) is 0 Å². The Morgan fingerprint density at radius 2 is 2.19 bits per heavy atom. The third-order valence-electron chi connectivity index (χ3n) is 2.70. The zero-order valence-corrected chi connectivity index (χ0v) is 9.90. The second-order valence-electron chi connectivity index (χ2n) is 4.53. The number of rotatable bonds is 3. The molecule has 0 spiro atoms. The number of benzene rings is 1. The Bertz CT molecular complexity index is 526. The molecule has 0 bridgehead atoms. The van der Waals surface area contributed by atoms with Gasteiger partial charge in [-0.15, -0.1) is 0 Å². The van der Waals surface area contributed by atoms with Crippen molar-refractivity contribution in [3.05, 3.63) is 29.5 Å². The van der Waals surface area contributed by atoms with Crippen LogP contribution in [0.1, 0.15) is 29.9 Å². The molecule has 0 unspecified atom stereocenters. The maximum atomic E-state index is 11.0. The van der Waals surface area contributed by atoms with Crippen molar-refractivity contribution in [1.82, 2.24) is 9.78 Å². The highest BCUT2D eigenvalue weighted by Gasteiger charge is 2.12. The zero-order valence-electron chi connectivity index (χ0n) is 9.90. The Balaban J connectivity index is 2.66. The second kappa shape index (κ2) is 4.08. The van der Waals surface area contributed by atoms with Crippen LogP contribution in [0.25, 0.3) is 10.9 Å². The molecule has 1 aromatic heterocycles. The summed E-state index contributed by atoms with van der Waals surface area (Å²) in [5.74, 6) is 0.568. The quantitative estimate of drug-likeness (QED) is 0.739. The first-order valence-corrected chi connectivity index (χ1v) is 5.53. The third-order valence-corrected chi connectivity index (χ3v) is 2.70. The molecule has 0 N–H and O–H groups in total. The SMILES string of the molecule is CC(C)Cc1nn(C)c2c(C=O)cccc12. The van der Waals surface area contributed by atoms with Gasteiger partial charge in [-0.2, -0.15) is 5.10 Å². The molecule has 0 atom stereocenters. The van der Waals surface area contributed by atoms with E-state index in [2.05, 4.69) is 18.9 Å². The van der Waals surface area contributed by atoms with Crippen molar-refractivity contribution in [2.45, 2.75) is 20.3 Å². The first-order chi connectivity index (χ1) is 7.63. The second-order valence-corrected chi connectivity index (χ2v) is 4.53. The minimum atomic E-state index is 0.568. The fourth-order valence-corrected chi connectivity index (χ4v) is 2.07. The predicted molar refractivity (Wildman–Crippen MR) is 64.6 cm³/mol. The summed E-state index contributed by atoms with van der Waals surface area (Å²) in [6, 6.07) is 5.78. The van der Waals surface area contributed by atoms with E-state index in [0.717, 1.165) is 29.3 Å². The molecule has 0 aliphatic rings. The van der Waals surface area contributed by atoms with Crippen LogP contribution in [-0.4, -0.2) is 16.1 Å². The van der Waals surface area contributed by atoms with E-state index >= 15 is 0 Å². The van der Waals surface area contributed by atoms with Crippen LogP contribution >= 0.6 is 0 Å². The first kappa shape index (κ1) is 10.9. The van der Waals surface area contributed by atoms with Crippen molar-refractivity contribution >= 4 is 17.2 Å². The van der Waals surface area contributed by atoms with Gasteiger partial charge in [-0.25, -0.2) is 0 Å². The van der Waals surface area contributed by atoms with E-state index < -0.39 is 0 Å². The predicted octanol–water partition coefficient (Wildman–Crippen LogP) is 2.58. The van der Waals surface area contributed by atoms with Gasteiger partial charge in [-0.1, -0.05) is 26.0 Å². The summed E-state index contributed by atoms with van der Waals surface area (Å²) in [4.78, 5) is 11.0. The molecule has 0 saturated carbocycles. The molecule has 1 aromatic carbocycles. The normalized spacial score (nSPS) is 11.2. The molecule has 0 fully saturated rings. The monoisotopic (exact) mass is 216 g/mol. The van der Waals surface area contributed by atoms with Crippen LogP contribution < -0.4 is 0 Å². The van der Waals surface area contributed by atoms with E-state index in [1.54, 1.807) is 4.68 Å². The number of aryl methyl sites for hydroxylation is 1. The molecule has 0 radical (unpaired) electrons. The molecule has 2 aromatic rings. The number of aldehydes is 1. The molecule has 84 valence electrons. The Kier molecular flexibility index (Phi) is 2.77. The summed E-state index contributed by atoms with van der Waals surface area (Å²) in [6.45, 7) is 4.34. The fraction of sp³-hybridized carbons (Fsp3) is 0.385. The Labute approximate surface area is 95.1 Å². The van der Waals surface area contributed by atoms with Gasteiger partial charge in [0, 0.05) is 18.0 Å². The molecular weight excluding hydrogens is 200 g/mol. The third kappa shape index (κ3) is 1.73. The number of carbonyl (C=O) groups excluding carboxylic acids is 1. The summed E-state index contributed by atoms with van der Waals surface area (Å²) in [5, 5.41) is 5.59. The molecule has 3 nitrogen and oxygen atoms in total. The first-order valence-electron chi connectivity index (χ1n) is 5.53. The van der Waals surface area contributed by atoms with E-state index in [4.69, 9.17) is 0 Å². The molecule has 0 saturated heterocycles. The highest BCUT2D eigenvalue weighted by molar-refractivity contribution is 5.97. The van der Waals surface area contributed by atoms with Gasteiger partial charge in [0.2, 0.25) is 0 Å². The molecule has 3 heteroatoms. The van der Waals surface area contributed by atoms with Crippen molar-refractivity contribution in [2.24, 2.45) is 13.0 Å². The minimum absolute atomic E-state index is 0.568. The standard InChI is InChI=1S/C13H16N2O/c1-9(2)7-12-11-6-4-5-10(8-16)13(11)15(3)14-12/h4-6,8-9H,7H2,1-3H3. The number of carbonyl (C=O) groups is 1. The lowest BCUT2D eigenvalue weighted by atomic mass is 10.0. The summed E-state index contributed by atoms with van der Waals surface area (Å²) in [6.07, 6.45) is 1.84. The van der Waals surface area contributed by atoms with Gasteiger partial charge in [-0.3, -0.25) is 9.48 Å². The van der Waals surface area contributed by atoms with E-state index in [1.165, 1.54) is 0 Å². The highest BCUT2D eigenvalue weighted by Crippen LogP contribution is 2.22. The molecule has 1 heterocycles. The molecule has 0 amide bonds. The van der Waals surface area contributed by atoms with Crippen LogP contribution in [0.15, 0.2) is 18.2 Å². The highest BCUT2D eigenvalue weighted by atomic mass is 16.1. The van der Waals surface area contributed by atoms with Crippen molar-refractivity contribution in [3.63, 3.8) is 0 Å². The summed E-state index contributed by atoms with van der Waals surface area (Å²) < 4.78 is 1.80. The number of aromatic nitrogens is 2. The zero-order chi connectivity index (χ0) is 11.7. The van der Waals surface area contributed by atoms with Crippen LogP contribution in [0, 0.1) is 5.92 Å². The molecular formula is C13H16N2O. The summed E-state index contributed by atoms with van der Waals surface area (Å²) in [5.41, 5.74) is 2.73. The molecule has 0 aliphatic carbocycles. The smallest absolute Gasteiger partial charge is 0.152 e. The number of nitrogens with zero attached hydrogens (tertiary/aromatic N) is 2. The van der Waals surface area contributed by atoms with Gasteiger partial charge in [0.25, 0.3) is 0 Å². The lowest BCUT2D eigenvalue weighted by Gasteiger charge is -2.00. The summed E-state index contributed by atoms with van der Waals surface area (Å²) in [7, 11) is 1.89. The number of hydrogen-bond acceptors (Lipinski definition) is 2. The Morgan fingerprint density at radius 1 is 1.44 bits per heavy atom. The van der Waals surface area contributed by atoms with Crippen molar-refractivity contribution in [2.75, 3.05) is 0 Å². The molecule has 0 aliphatic heterocycles. The van der Waals surface area contributed by atoms with E-state index in [9.17, 15) is 4.79 Å².